The van der Waals surface area contributed by atoms with Crippen molar-refractivity contribution >= 4 is 29.1 Å². The number of thioether (sulfide) groups is 1. The smallest absolute Gasteiger partial charge is 0.246 e. The van der Waals surface area contributed by atoms with Gasteiger partial charge in [0.15, 0.2) is 0 Å². The van der Waals surface area contributed by atoms with E-state index >= 15 is 0 Å². The highest BCUT2D eigenvalue weighted by Gasteiger charge is 2.20. The first kappa shape index (κ1) is 16.5. The summed E-state index contributed by atoms with van der Waals surface area (Å²) in [5.41, 5.74) is 3.27. The van der Waals surface area contributed by atoms with Crippen LogP contribution in [-0.4, -0.2) is 15.2 Å². The Labute approximate surface area is 156 Å². The van der Waals surface area contributed by atoms with E-state index in [2.05, 4.69) is 56.4 Å². The Bertz CT molecular complexity index is 931. The second kappa shape index (κ2) is 7.49. The molecule has 0 spiro atoms. The highest BCUT2D eigenvalue weighted by Crippen LogP contribution is 2.36. The Morgan fingerprint density at radius 1 is 0.923 bits per heavy atom. The molecule has 4 rings (SSSR count). The summed E-state index contributed by atoms with van der Waals surface area (Å²) in [6.45, 7) is 2.11. The van der Waals surface area contributed by atoms with Crippen LogP contribution in [0.3, 0.4) is 0 Å². The predicted molar refractivity (Wildman–Crippen MR) is 108 cm³/mol. The largest absolute Gasteiger partial charge is 0.350 e. The van der Waals surface area contributed by atoms with Gasteiger partial charge in [-0.05, 0) is 42.7 Å². The SMILES string of the molecule is CC1=CSC(Nc2ccccc2)=CC1c1nc(Nc2ccccc2)n[nH]1. The molecule has 1 unspecified atom stereocenters. The van der Waals surface area contributed by atoms with Crippen LogP contribution in [0.2, 0.25) is 0 Å². The zero-order chi connectivity index (χ0) is 17.8. The van der Waals surface area contributed by atoms with Gasteiger partial charge < -0.3 is 10.6 Å². The summed E-state index contributed by atoms with van der Waals surface area (Å²) in [6, 6.07) is 20.1. The van der Waals surface area contributed by atoms with E-state index in [1.54, 1.807) is 11.8 Å². The van der Waals surface area contributed by atoms with Crippen LogP contribution in [0.25, 0.3) is 0 Å². The number of anilines is 3. The van der Waals surface area contributed by atoms with E-state index in [9.17, 15) is 0 Å². The van der Waals surface area contributed by atoms with Crippen molar-refractivity contribution in [1.29, 1.82) is 0 Å². The van der Waals surface area contributed by atoms with Crippen molar-refractivity contribution in [3.05, 3.63) is 88.6 Å². The molecule has 1 atom stereocenters. The summed E-state index contributed by atoms with van der Waals surface area (Å²) >= 11 is 1.68. The van der Waals surface area contributed by atoms with Gasteiger partial charge in [-0.2, -0.15) is 4.98 Å². The first-order valence-electron chi connectivity index (χ1n) is 8.39. The minimum Gasteiger partial charge on any atom is -0.350 e. The lowest BCUT2D eigenvalue weighted by atomic mass is 10.0. The number of benzene rings is 2. The molecule has 2 aromatic carbocycles. The number of aromatic nitrogens is 3. The molecule has 5 nitrogen and oxygen atoms in total. The monoisotopic (exact) mass is 361 g/mol. The van der Waals surface area contributed by atoms with Gasteiger partial charge in [-0.25, -0.2) is 0 Å². The number of nitrogens with zero attached hydrogens (tertiary/aromatic N) is 2. The average molecular weight is 361 g/mol. The number of H-pyrrole nitrogens is 1. The van der Waals surface area contributed by atoms with Gasteiger partial charge in [0.25, 0.3) is 0 Å². The maximum atomic E-state index is 4.62. The van der Waals surface area contributed by atoms with Gasteiger partial charge in [0.2, 0.25) is 5.95 Å². The fraction of sp³-hybridized carbons (Fsp3) is 0.100. The van der Waals surface area contributed by atoms with E-state index in [4.69, 9.17) is 0 Å². The van der Waals surface area contributed by atoms with Crippen molar-refractivity contribution in [2.75, 3.05) is 10.6 Å². The van der Waals surface area contributed by atoms with Gasteiger partial charge in [0, 0.05) is 11.4 Å². The van der Waals surface area contributed by atoms with Gasteiger partial charge in [-0.3, -0.25) is 5.10 Å². The lowest BCUT2D eigenvalue weighted by Crippen LogP contribution is -2.07. The van der Waals surface area contributed by atoms with Gasteiger partial charge >= 0.3 is 0 Å². The number of aromatic amines is 1. The molecular weight excluding hydrogens is 342 g/mol. The topological polar surface area (TPSA) is 65.6 Å². The van der Waals surface area contributed by atoms with Crippen molar-refractivity contribution in [1.82, 2.24) is 15.2 Å². The second-order valence-electron chi connectivity index (χ2n) is 6.01. The van der Waals surface area contributed by atoms with E-state index in [1.165, 1.54) is 5.57 Å². The van der Waals surface area contributed by atoms with Crippen molar-refractivity contribution < 1.29 is 0 Å². The minimum atomic E-state index is 0.0706. The molecular formula is C20H19N5S. The number of hydrogen-bond acceptors (Lipinski definition) is 5. The molecule has 0 bridgehead atoms. The van der Waals surface area contributed by atoms with Crippen LogP contribution >= 0.6 is 11.8 Å². The first-order chi connectivity index (χ1) is 12.8. The molecule has 3 N–H and O–H groups in total. The Balaban J connectivity index is 1.52. The standard InChI is InChI=1S/C20H19N5S/c1-14-13-26-18(21-15-8-4-2-5-9-15)12-17(14)19-23-20(25-24-19)22-16-10-6-3-7-11-16/h2-13,17,21H,1H3,(H2,22,23,24,25). The van der Waals surface area contributed by atoms with E-state index in [-0.39, 0.29) is 5.92 Å². The van der Waals surface area contributed by atoms with E-state index in [0.29, 0.717) is 5.95 Å². The maximum absolute atomic E-state index is 4.62. The molecule has 0 amide bonds. The fourth-order valence-electron chi connectivity index (χ4n) is 2.70. The summed E-state index contributed by atoms with van der Waals surface area (Å²) in [4.78, 5) is 4.62. The Hall–Kier alpha value is -2.99. The number of para-hydroxylation sites is 2. The van der Waals surface area contributed by atoms with Crippen LogP contribution in [0.15, 0.2) is 82.7 Å². The Morgan fingerprint density at radius 3 is 2.27 bits per heavy atom. The average Bonchev–Trinajstić information content (AvgIpc) is 3.13. The highest BCUT2D eigenvalue weighted by molar-refractivity contribution is 8.06. The molecule has 1 aliphatic heterocycles. The van der Waals surface area contributed by atoms with Crippen LogP contribution in [0.1, 0.15) is 18.7 Å². The zero-order valence-corrected chi connectivity index (χ0v) is 15.1. The minimum absolute atomic E-state index is 0.0706. The summed E-state index contributed by atoms with van der Waals surface area (Å²) in [5.74, 6) is 1.47. The molecule has 0 fully saturated rings. The lowest BCUT2D eigenvalue weighted by Gasteiger charge is -2.19. The summed E-state index contributed by atoms with van der Waals surface area (Å²) in [5, 5.41) is 17.3. The molecule has 6 heteroatoms. The molecule has 2 heterocycles. The van der Waals surface area contributed by atoms with Gasteiger partial charge in [-0.15, -0.1) is 5.10 Å². The van der Waals surface area contributed by atoms with Crippen molar-refractivity contribution in [3.63, 3.8) is 0 Å². The number of nitrogens with one attached hydrogen (secondary N) is 3. The van der Waals surface area contributed by atoms with Crippen molar-refractivity contribution in [3.8, 4) is 0 Å². The maximum Gasteiger partial charge on any atom is 0.246 e. The fourth-order valence-corrected chi connectivity index (χ4v) is 3.55. The normalized spacial score (nSPS) is 16.6. The number of allylic oxidation sites excluding steroid dienone is 2. The van der Waals surface area contributed by atoms with Gasteiger partial charge in [-0.1, -0.05) is 53.7 Å². The zero-order valence-electron chi connectivity index (χ0n) is 14.3. The van der Waals surface area contributed by atoms with Crippen LogP contribution in [0, 0.1) is 0 Å². The van der Waals surface area contributed by atoms with Crippen LogP contribution in [0.5, 0.6) is 0 Å². The second-order valence-corrected chi connectivity index (χ2v) is 6.93. The van der Waals surface area contributed by atoms with E-state index in [0.717, 1.165) is 22.2 Å². The number of rotatable bonds is 5. The van der Waals surface area contributed by atoms with E-state index in [1.807, 2.05) is 48.5 Å². The van der Waals surface area contributed by atoms with E-state index < -0.39 is 0 Å². The first-order valence-corrected chi connectivity index (χ1v) is 9.27. The highest BCUT2D eigenvalue weighted by atomic mass is 32.2. The molecule has 0 saturated carbocycles. The lowest BCUT2D eigenvalue weighted by molar-refractivity contribution is 0.868. The summed E-state index contributed by atoms with van der Waals surface area (Å²) < 4.78 is 0. The van der Waals surface area contributed by atoms with Crippen LogP contribution in [0.4, 0.5) is 17.3 Å². The third-order valence-electron chi connectivity index (χ3n) is 4.05. The molecule has 130 valence electrons. The molecule has 1 aromatic heterocycles. The molecule has 0 radical (unpaired) electrons. The molecule has 3 aromatic rings. The third-order valence-corrected chi connectivity index (χ3v) is 5.03. The van der Waals surface area contributed by atoms with Gasteiger partial charge in [0.05, 0.1) is 10.9 Å². The van der Waals surface area contributed by atoms with Gasteiger partial charge in [0.1, 0.15) is 5.82 Å². The molecule has 0 aliphatic carbocycles. The summed E-state index contributed by atoms with van der Waals surface area (Å²) in [6.07, 6.45) is 2.18. The molecule has 0 saturated heterocycles. The summed E-state index contributed by atoms with van der Waals surface area (Å²) in [7, 11) is 0. The van der Waals surface area contributed by atoms with Crippen molar-refractivity contribution in [2.24, 2.45) is 0 Å². The molecule has 26 heavy (non-hydrogen) atoms. The van der Waals surface area contributed by atoms with Crippen LogP contribution in [-0.2, 0) is 0 Å². The quantitative estimate of drug-likeness (QED) is 0.580. The Kier molecular flexibility index (Phi) is 4.75. The molecule has 1 aliphatic rings. The predicted octanol–water partition coefficient (Wildman–Crippen LogP) is 5.24. The third kappa shape index (κ3) is 3.81. The Morgan fingerprint density at radius 2 is 1.58 bits per heavy atom. The van der Waals surface area contributed by atoms with Crippen LogP contribution < -0.4 is 10.6 Å². The van der Waals surface area contributed by atoms with Crippen molar-refractivity contribution in [2.45, 2.75) is 12.8 Å². The number of hydrogen-bond donors (Lipinski definition) is 3.